The normalized spacial score (nSPS) is 14.6. The first-order chi connectivity index (χ1) is 9.24. The molecule has 2 heterocycles. The SMILES string of the molecule is O=C1CN(c2ccccc2)Cc2c(Cl)ncnc2N1. The van der Waals surface area contributed by atoms with Gasteiger partial charge in [0.05, 0.1) is 18.7 Å². The quantitative estimate of drug-likeness (QED) is 0.809. The number of carbonyl (C=O) groups excluding carboxylic acids is 1. The number of nitrogens with zero attached hydrogens (tertiary/aromatic N) is 3. The van der Waals surface area contributed by atoms with Gasteiger partial charge in [-0.05, 0) is 12.1 Å². The first kappa shape index (κ1) is 11.9. The number of nitrogens with one attached hydrogen (secondary N) is 1. The highest BCUT2D eigenvalue weighted by molar-refractivity contribution is 6.30. The van der Waals surface area contributed by atoms with Gasteiger partial charge in [-0.15, -0.1) is 0 Å². The number of hydrogen-bond acceptors (Lipinski definition) is 4. The van der Waals surface area contributed by atoms with Gasteiger partial charge in [0, 0.05) is 5.69 Å². The van der Waals surface area contributed by atoms with Crippen molar-refractivity contribution >= 4 is 29.0 Å². The molecule has 0 saturated heterocycles. The van der Waals surface area contributed by atoms with Crippen LogP contribution in [0.1, 0.15) is 5.56 Å². The molecule has 0 unspecified atom stereocenters. The Morgan fingerprint density at radius 2 is 1.95 bits per heavy atom. The molecule has 3 rings (SSSR count). The fourth-order valence-corrected chi connectivity index (χ4v) is 2.24. The number of anilines is 2. The van der Waals surface area contributed by atoms with Crippen molar-refractivity contribution in [1.82, 2.24) is 9.97 Å². The Bertz CT molecular complexity index is 617. The number of fused-ring (bicyclic) bond motifs is 1. The minimum absolute atomic E-state index is 0.114. The van der Waals surface area contributed by atoms with Crippen LogP contribution in [0.5, 0.6) is 0 Å². The summed E-state index contributed by atoms with van der Waals surface area (Å²) in [5.41, 5.74) is 1.70. The molecule has 1 aromatic heterocycles. The molecule has 0 aliphatic carbocycles. The lowest BCUT2D eigenvalue weighted by molar-refractivity contribution is -0.114. The smallest absolute Gasteiger partial charge is 0.245 e. The molecular weight excluding hydrogens is 264 g/mol. The van der Waals surface area contributed by atoms with Gasteiger partial charge in [0.25, 0.3) is 0 Å². The number of amides is 1. The molecular formula is C13H11ClN4O. The van der Waals surface area contributed by atoms with Crippen molar-refractivity contribution in [3.63, 3.8) is 0 Å². The van der Waals surface area contributed by atoms with E-state index in [2.05, 4.69) is 15.3 Å². The van der Waals surface area contributed by atoms with Crippen molar-refractivity contribution in [2.75, 3.05) is 16.8 Å². The van der Waals surface area contributed by atoms with E-state index < -0.39 is 0 Å². The number of benzene rings is 1. The van der Waals surface area contributed by atoms with Crippen LogP contribution in [-0.2, 0) is 11.3 Å². The molecule has 0 fully saturated rings. The van der Waals surface area contributed by atoms with Crippen LogP contribution in [0.3, 0.4) is 0 Å². The Kier molecular flexibility index (Phi) is 3.05. The van der Waals surface area contributed by atoms with Crippen LogP contribution in [0.2, 0.25) is 5.15 Å². The zero-order valence-electron chi connectivity index (χ0n) is 10.0. The molecule has 0 saturated carbocycles. The van der Waals surface area contributed by atoms with E-state index >= 15 is 0 Å². The van der Waals surface area contributed by atoms with Crippen molar-refractivity contribution in [3.05, 3.63) is 47.4 Å². The van der Waals surface area contributed by atoms with Crippen LogP contribution in [0.25, 0.3) is 0 Å². The van der Waals surface area contributed by atoms with Crippen molar-refractivity contribution in [1.29, 1.82) is 0 Å². The highest BCUT2D eigenvalue weighted by Crippen LogP contribution is 2.26. The van der Waals surface area contributed by atoms with E-state index in [0.29, 0.717) is 17.5 Å². The second-order valence-corrected chi connectivity index (χ2v) is 4.59. The van der Waals surface area contributed by atoms with Crippen molar-refractivity contribution in [3.8, 4) is 0 Å². The van der Waals surface area contributed by atoms with Crippen LogP contribution >= 0.6 is 11.6 Å². The third-order valence-corrected chi connectivity index (χ3v) is 3.28. The maximum Gasteiger partial charge on any atom is 0.245 e. The molecule has 0 atom stereocenters. The van der Waals surface area contributed by atoms with Gasteiger partial charge in [0.2, 0.25) is 5.91 Å². The lowest BCUT2D eigenvalue weighted by Gasteiger charge is -2.21. The monoisotopic (exact) mass is 274 g/mol. The zero-order valence-corrected chi connectivity index (χ0v) is 10.8. The van der Waals surface area contributed by atoms with E-state index in [1.54, 1.807) is 0 Å². The van der Waals surface area contributed by atoms with Crippen LogP contribution in [0.4, 0.5) is 11.5 Å². The highest BCUT2D eigenvalue weighted by Gasteiger charge is 2.22. The van der Waals surface area contributed by atoms with Gasteiger partial charge >= 0.3 is 0 Å². The second kappa shape index (κ2) is 4.85. The van der Waals surface area contributed by atoms with E-state index in [9.17, 15) is 4.79 Å². The molecule has 5 nitrogen and oxygen atoms in total. The topological polar surface area (TPSA) is 58.1 Å². The molecule has 19 heavy (non-hydrogen) atoms. The molecule has 1 aliphatic rings. The highest BCUT2D eigenvalue weighted by atomic mass is 35.5. The molecule has 1 amide bonds. The average Bonchev–Trinajstić information content (AvgIpc) is 2.59. The second-order valence-electron chi connectivity index (χ2n) is 4.23. The summed E-state index contributed by atoms with van der Waals surface area (Å²) in [5.74, 6) is 0.376. The fraction of sp³-hybridized carbons (Fsp3) is 0.154. The molecule has 0 radical (unpaired) electrons. The van der Waals surface area contributed by atoms with Gasteiger partial charge in [-0.25, -0.2) is 9.97 Å². The van der Waals surface area contributed by atoms with Gasteiger partial charge in [-0.1, -0.05) is 29.8 Å². The van der Waals surface area contributed by atoms with E-state index in [1.807, 2.05) is 35.2 Å². The largest absolute Gasteiger partial charge is 0.358 e. The Morgan fingerprint density at radius 1 is 1.16 bits per heavy atom. The van der Waals surface area contributed by atoms with Crippen LogP contribution < -0.4 is 10.2 Å². The molecule has 1 aliphatic heterocycles. The Hall–Kier alpha value is -2.14. The zero-order chi connectivity index (χ0) is 13.2. The van der Waals surface area contributed by atoms with Gasteiger partial charge in [0.1, 0.15) is 17.3 Å². The van der Waals surface area contributed by atoms with E-state index in [4.69, 9.17) is 11.6 Å². The predicted molar refractivity (Wildman–Crippen MR) is 73.2 cm³/mol. The maximum atomic E-state index is 11.9. The number of rotatable bonds is 1. The number of aromatic nitrogens is 2. The first-order valence-electron chi connectivity index (χ1n) is 5.83. The summed E-state index contributed by atoms with van der Waals surface area (Å²) in [7, 11) is 0. The average molecular weight is 275 g/mol. The van der Waals surface area contributed by atoms with E-state index in [1.165, 1.54) is 6.33 Å². The fourth-order valence-electron chi connectivity index (χ4n) is 2.05. The minimum Gasteiger partial charge on any atom is -0.358 e. The third-order valence-electron chi connectivity index (χ3n) is 2.96. The Morgan fingerprint density at radius 3 is 2.74 bits per heavy atom. The molecule has 0 spiro atoms. The molecule has 2 aromatic rings. The summed E-state index contributed by atoms with van der Waals surface area (Å²) >= 11 is 6.09. The van der Waals surface area contributed by atoms with Gasteiger partial charge < -0.3 is 10.2 Å². The molecule has 0 bridgehead atoms. The maximum absolute atomic E-state index is 11.9. The number of carbonyl (C=O) groups is 1. The first-order valence-corrected chi connectivity index (χ1v) is 6.21. The summed E-state index contributed by atoms with van der Waals surface area (Å²) in [4.78, 5) is 21.9. The predicted octanol–water partition coefficient (Wildman–Crippen LogP) is 2.09. The van der Waals surface area contributed by atoms with Crippen molar-refractivity contribution < 1.29 is 4.79 Å². The summed E-state index contributed by atoms with van der Waals surface area (Å²) in [6, 6.07) is 9.71. The Balaban J connectivity index is 2.02. The number of hydrogen-bond donors (Lipinski definition) is 1. The molecule has 96 valence electrons. The third kappa shape index (κ3) is 2.37. The summed E-state index contributed by atoms with van der Waals surface area (Å²) in [6.45, 7) is 0.758. The Labute approximate surface area is 115 Å². The summed E-state index contributed by atoms with van der Waals surface area (Å²) < 4.78 is 0. The van der Waals surface area contributed by atoms with Gasteiger partial charge in [-0.3, -0.25) is 4.79 Å². The molecule has 6 heteroatoms. The van der Waals surface area contributed by atoms with Crippen molar-refractivity contribution in [2.45, 2.75) is 6.54 Å². The number of halogens is 1. The van der Waals surface area contributed by atoms with Gasteiger partial charge in [-0.2, -0.15) is 0 Å². The molecule has 1 aromatic carbocycles. The summed E-state index contributed by atoms with van der Waals surface area (Å²) in [6.07, 6.45) is 1.35. The van der Waals surface area contributed by atoms with Crippen LogP contribution in [0.15, 0.2) is 36.7 Å². The lowest BCUT2D eigenvalue weighted by Crippen LogP contribution is -2.29. The number of para-hydroxylation sites is 1. The van der Waals surface area contributed by atoms with Crippen LogP contribution in [0, 0.1) is 0 Å². The standard InChI is InChI=1S/C13H11ClN4O/c14-12-10-6-18(9-4-2-1-3-5-9)7-11(19)17-13(10)16-8-15-12/h1-5,8H,6-7H2,(H,15,16,17,19). The van der Waals surface area contributed by atoms with Gasteiger partial charge in [0.15, 0.2) is 0 Å². The minimum atomic E-state index is -0.114. The lowest BCUT2D eigenvalue weighted by atomic mass is 10.2. The van der Waals surface area contributed by atoms with Crippen molar-refractivity contribution in [2.24, 2.45) is 0 Å². The van der Waals surface area contributed by atoms with E-state index in [0.717, 1.165) is 11.3 Å². The van der Waals surface area contributed by atoms with E-state index in [-0.39, 0.29) is 12.5 Å². The summed E-state index contributed by atoms with van der Waals surface area (Å²) in [5, 5.41) is 3.12. The molecule has 1 N–H and O–H groups in total. The van der Waals surface area contributed by atoms with Crippen LogP contribution in [-0.4, -0.2) is 22.4 Å².